The van der Waals surface area contributed by atoms with Gasteiger partial charge in [-0.15, -0.1) is 0 Å². The smallest absolute Gasteiger partial charge is 0.00199 e. The lowest BCUT2D eigenvalue weighted by Gasteiger charge is -2.21. The largest absolute Gasteiger partial charge is 0.0622 e. The zero-order valence-corrected chi connectivity index (χ0v) is 29.8. The van der Waals surface area contributed by atoms with Gasteiger partial charge in [0.05, 0.1) is 0 Å². The van der Waals surface area contributed by atoms with E-state index in [1.165, 1.54) is 99.1 Å². The fourth-order valence-electron chi connectivity index (χ4n) is 8.43. The summed E-state index contributed by atoms with van der Waals surface area (Å²) in [6, 6.07) is 79.8. The first kappa shape index (κ1) is 31.7. The van der Waals surface area contributed by atoms with Gasteiger partial charge in [0.1, 0.15) is 0 Å². The van der Waals surface area contributed by atoms with Gasteiger partial charge in [0.25, 0.3) is 0 Å². The first-order valence-electron chi connectivity index (χ1n) is 18.7. The summed E-state index contributed by atoms with van der Waals surface area (Å²) in [6.45, 7) is 0. The summed E-state index contributed by atoms with van der Waals surface area (Å²) in [6.07, 6.45) is 0. The van der Waals surface area contributed by atoms with Gasteiger partial charge in [-0.05, 0) is 111 Å². The Kier molecular flexibility index (Phi) is 7.93. The molecular formula is C54H36. The highest BCUT2D eigenvalue weighted by Crippen LogP contribution is 2.48. The molecule has 0 aliphatic rings. The summed E-state index contributed by atoms with van der Waals surface area (Å²) in [7, 11) is 0. The van der Waals surface area contributed by atoms with Crippen LogP contribution in [0.15, 0.2) is 218 Å². The van der Waals surface area contributed by atoms with Crippen LogP contribution in [0.3, 0.4) is 0 Å². The van der Waals surface area contributed by atoms with Crippen LogP contribution in [-0.2, 0) is 0 Å². The molecule has 0 unspecified atom stereocenters. The molecule has 0 aliphatic heterocycles. The molecule has 0 spiro atoms. The number of hydrogen-bond donors (Lipinski definition) is 0. The Bertz CT molecular complexity index is 2910. The topological polar surface area (TPSA) is 0 Å². The fraction of sp³-hybridized carbons (Fsp3) is 0. The van der Waals surface area contributed by atoms with Crippen LogP contribution in [0.1, 0.15) is 0 Å². The van der Waals surface area contributed by atoms with E-state index in [4.69, 9.17) is 0 Å². The molecule has 0 N–H and O–H groups in total. The van der Waals surface area contributed by atoms with Crippen LogP contribution in [0.4, 0.5) is 0 Å². The van der Waals surface area contributed by atoms with Gasteiger partial charge in [-0.2, -0.15) is 0 Å². The Morgan fingerprint density at radius 1 is 0.185 bits per heavy atom. The fourth-order valence-corrected chi connectivity index (χ4v) is 8.43. The van der Waals surface area contributed by atoms with E-state index in [1.54, 1.807) is 0 Å². The number of fused-ring (bicyclic) bond motifs is 3. The van der Waals surface area contributed by atoms with Crippen molar-refractivity contribution in [3.05, 3.63) is 218 Å². The van der Waals surface area contributed by atoms with E-state index in [0.717, 1.165) is 0 Å². The van der Waals surface area contributed by atoms with Gasteiger partial charge in [0.15, 0.2) is 0 Å². The van der Waals surface area contributed by atoms with E-state index in [2.05, 4.69) is 218 Å². The number of rotatable bonds is 6. The van der Waals surface area contributed by atoms with E-state index >= 15 is 0 Å². The lowest BCUT2D eigenvalue weighted by Crippen LogP contribution is -1.94. The molecule has 0 saturated heterocycles. The molecule has 10 rings (SSSR count). The van der Waals surface area contributed by atoms with Crippen LogP contribution < -0.4 is 0 Å². The lowest BCUT2D eigenvalue weighted by atomic mass is 9.82. The summed E-state index contributed by atoms with van der Waals surface area (Å²) in [5, 5.41) is 7.49. The van der Waals surface area contributed by atoms with Crippen molar-refractivity contribution in [1.82, 2.24) is 0 Å². The normalized spacial score (nSPS) is 11.3. The number of hydrogen-bond acceptors (Lipinski definition) is 0. The second-order valence-corrected chi connectivity index (χ2v) is 14.0. The molecular weight excluding hydrogens is 649 g/mol. The van der Waals surface area contributed by atoms with Gasteiger partial charge in [0.2, 0.25) is 0 Å². The highest BCUT2D eigenvalue weighted by molar-refractivity contribution is 6.23. The minimum Gasteiger partial charge on any atom is -0.0622 e. The average molecular weight is 685 g/mol. The molecule has 54 heavy (non-hydrogen) atoms. The average Bonchev–Trinajstić information content (AvgIpc) is 3.26. The quantitative estimate of drug-likeness (QED) is 0.153. The molecule has 0 saturated carbocycles. The maximum Gasteiger partial charge on any atom is -0.00199 e. The lowest BCUT2D eigenvalue weighted by molar-refractivity contribution is 1.56. The second kappa shape index (κ2) is 13.5. The maximum absolute atomic E-state index is 2.45. The molecule has 0 aliphatic carbocycles. The van der Waals surface area contributed by atoms with E-state index in [-0.39, 0.29) is 0 Å². The summed E-state index contributed by atoms with van der Waals surface area (Å²) in [5.41, 5.74) is 14.7. The minimum absolute atomic E-state index is 1.19. The van der Waals surface area contributed by atoms with Crippen molar-refractivity contribution in [1.29, 1.82) is 0 Å². The maximum atomic E-state index is 2.45. The highest BCUT2D eigenvalue weighted by atomic mass is 14.2. The van der Waals surface area contributed by atoms with Crippen molar-refractivity contribution < 1.29 is 0 Å². The zero-order chi connectivity index (χ0) is 35.8. The number of benzene rings is 10. The van der Waals surface area contributed by atoms with Crippen molar-refractivity contribution in [2.75, 3.05) is 0 Å². The van der Waals surface area contributed by atoms with Crippen LogP contribution in [0.25, 0.3) is 99.1 Å². The summed E-state index contributed by atoms with van der Waals surface area (Å²) >= 11 is 0. The van der Waals surface area contributed by atoms with Crippen molar-refractivity contribution >= 4 is 32.3 Å². The molecule has 10 aromatic carbocycles. The molecule has 0 atom stereocenters. The van der Waals surface area contributed by atoms with Gasteiger partial charge in [0, 0.05) is 0 Å². The SMILES string of the molecule is c1ccc(-c2cccc(-c3ccccc3-c3ccc(-c4cccc5ccccc45)c(-c4c5ccccc5c(-c5ccccc5)c5ccccc45)c3)c2)cc1. The van der Waals surface area contributed by atoms with Gasteiger partial charge in [-0.1, -0.05) is 206 Å². The molecule has 0 nitrogen and oxygen atoms in total. The predicted molar refractivity (Wildman–Crippen MR) is 232 cm³/mol. The molecule has 0 aromatic heterocycles. The van der Waals surface area contributed by atoms with E-state index in [0.29, 0.717) is 0 Å². The van der Waals surface area contributed by atoms with Crippen LogP contribution in [-0.4, -0.2) is 0 Å². The minimum atomic E-state index is 1.19. The van der Waals surface area contributed by atoms with Crippen LogP contribution in [0.2, 0.25) is 0 Å². The first-order chi connectivity index (χ1) is 26.8. The third-order valence-corrected chi connectivity index (χ3v) is 10.9. The molecule has 0 heteroatoms. The highest BCUT2D eigenvalue weighted by Gasteiger charge is 2.21. The zero-order valence-electron chi connectivity index (χ0n) is 29.8. The van der Waals surface area contributed by atoms with E-state index in [1.807, 2.05) is 0 Å². The van der Waals surface area contributed by atoms with Gasteiger partial charge in [-0.25, -0.2) is 0 Å². The third kappa shape index (κ3) is 5.48. The molecule has 0 heterocycles. The van der Waals surface area contributed by atoms with Crippen molar-refractivity contribution in [2.24, 2.45) is 0 Å². The van der Waals surface area contributed by atoms with Crippen LogP contribution in [0, 0.1) is 0 Å². The summed E-state index contributed by atoms with van der Waals surface area (Å²) in [5.74, 6) is 0. The Morgan fingerprint density at radius 2 is 0.630 bits per heavy atom. The Balaban J connectivity index is 1.27. The van der Waals surface area contributed by atoms with Gasteiger partial charge in [-0.3, -0.25) is 0 Å². The first-order valence-corrected chi connectivity index (χ1v) is 18.7. The molecule has 0 radical (unpaired) electrons. The Labute approximate surface area is 316 Å². The van der Waals surface area contributed by atoms with Gasteiger partial charge < -0.3 is 0 Å². The monoisotopic (exact) mass is 684 g/mol. The van der Waals surface area contributed by atoms with Crippen molar-refractivity contribution in [3.63, 3.8) is 0 Å². The Hall–Kier alpha value is -7.02. The molecule has 0 amide bonds. The summed E-state index contributed by atoms with van der Waals surface area (Å²) in [4.78, 5) is 0. The van der Waals surface area contributed by atoms with Crippen molar-refractivity contribution in [3.8, 4) is 66.8 Å². The molecule has 252 valence electrons. The third-order valence-electron chi connectivity index (χ3n) is 10.9. The Morgan fingerprint density at radius 3 is 1.30 bits per heavy atom. The van der Waals surface area contributed by atoms with E-state index in [9.17, 15) is 0 Å². The standard InChI is InChI=1S/C54H36/c1-3-17-37(18-4-1)40-23-15-24-41(35-40)44-26-9-10-27-45(44)42-33-34-47(46-32-16-22-38-19-7-8-25-43(38)46)52(36-42)54-50-30-13-11-28-48(50)53(39-20-5-2-6-21-39)49-29-12-14-31-51(49)54/h1-36H. The molecule has 0 fully saturated rings. The second-order valence-electron chi connectivity index (χ2n) is 14.0. The predicted octanol–water partition coefficient (Wildman–Crippen LogP) is 15.1. The van der Waals surface area contributed by atoms with Gasteiger partial charge >= 0.3 is 0 Å². The van der Waals surface area contributed by atoms with E-state index < -0.39 is 0 Å². The molecule has 0 bridgehead atoms. The molecule has 10 aromatic rings. The van der Waals surface area contributed by atoms with Crippen LogP contribution >= 0.6 is 0 Å². The van der Waals surface area contributed by atoms with Crippen molar-refractivity contribution in [2.45, 2.75) is 0 Å². The summed E-state index contributed by atoms with van der Waals surface area (Å²) < 4.78 is 0. The van der Waals surface area contributed by atoms with Crippen LogP contribution in [0.5, 0.6) is 0 Å².